The quantitative estimate of drug-likeness (QED) is 0.873. The molecule has 20 heavy (non-hydrogen) atoms. The summed E-state index contributed by atoms with van der Waals surface area (Å²) < 4.78 is 5.18. The SMILES string of the molecule is COc1ccc(O)c(CNC(C)c2ccc(C)cc2)c1. The molecular formula is C17H21NO2. The van der Waals surface area contributed by atoms with E-state index in [9.17, 15) is 5.11 Å². The molecule has 0 spiro atoms. The largest absolute Gasteiger partial charge is 0.508 e. The molecule has 106 valence electrons. The molecule has 0 bridgehead atoms. The highest BCUT2D eigenvalue weighted by Gasteiger charge is 2.07. The lowest BCUT2D eigenvalue weighted by atomic mass is 10.1. The fraction of sp³-hybridized carbons (Fsp3) is 0.294. The van der Waals surface area contributed by atoms with Crippen molar-refractivity contribution in [3.05, 3.63) is 59.2 Å². The predicted molar refractivity (Wildman–Crippen MR) is 81.1 cm³/mol. The number of phenols is 1. The lowest BCUT2D eigenvalue weighted by Crippen LogP contribution is -2.18. The van der Waals surface area contributed by atoms with Gasteiger partial charge in [-0.1, -0.05) is 29.8 Å². The van der Waals surface area contributed by atoms with E-state index in [2.05, 4.69) is 43.4 Å². The van der Waals surface area contributed by atoms with Crippen molar-refractivity contribution in [2.75, 3.05) is 7.11 Å². The van der Waals surface area contributed by atoms with E-state index in [1.165, 1.54) is 11.1 Å². The van der Waals surface area contributed by atoms with Crippen LogP contribution in [0, 0.1) is 6.92 Å². The second-order valence-electron chi connectivity index (χ2n) is 5.01. The van der Waals surface area contributed by atoms with Crippen molar-refractivity contribution in [3.63, 3.8) is 0 Å². The van der Waals surface area contributed by atoms with Crippen LogP contribution in [0.2, 0.25) is 0 Å². The second kappa shape index (κ2) is 6.44. The van der Waals surface area contributed by atoms with Crippen molar-refractivity contribution in [3.8, 4) is 11.5 Å². The third-order valence-corrected chi connectivity index (χ3v) is 3.46. The molecule has 0 aromatic heterocycles. The molecule has 0 heterocycles. The van der Waals surface area contributed by atoms with E-state index in [1.54, 1.807) is 19.2 Å². The molecule has 3 heteroatoms. The van der Waals surface area contributed by atoms with Crippen molar-refractivity contribution in [1.82, 2.24) is 5.32 Å². The molecule has 0 saturated carbocycles. The molecule has 0 aliphatic rings. The summed E-state index contributed by atoms with van der Waals surface area (Å²) in [6.07, 6.45) is 0. The molecule has 2 aromatic carbocycles. The number of methoxy groups -OCH3 is 1. The van der Waals surface area contributed by atoms with Gasteiger partial charge in [-0.3, -0.25) is 0 Å². The zero-order valence-corrected chi connectivity index (χ0v) is 12.2. The van der Waals surface area contributed by atoms with Crippen LogP contribution in [0.4, 0.5) is 0 Å². The van der Waals surface area contributed by atoms with Crippen LogP contribution in [0.15, 0.2) is 42.5 Å². The lowest BCUT2D eigenvalue weighted by Gasteiger charge is -2.15. The maximum Gasteiger partial charge on any atom is 0.120 e. The van der Waals surface area contributed by atoms with E-state index in [0.29, 0.717) is 6.54 Å². The van der Waals surface area contributed by atoms with E-state index in [4.69, 9.17) is 4.74 Å². The van der Waals surface area contributed by atoms with Gasteiger partial charge >= 0.3 is 0 Å². The van der Waals surface area contributed by atoms with E-state index < -0.39 is 0 Å². The van der Waals surface area contributed by atoms with Gasteiger partial charge in [0.1, 0.15) is 11.5 Å². The number of aryl methyl sites for hydroxylation is 1. The number of phenolic OH excluding ortho intramolecular Hbond substituents is 1. The molecule has 0 aliphatic carbocycles. The molecule has 0 saturated heterocycles. The Labute approximate surface area is 120 Å². The molecular weight excluding hydrogens is 250 g/mol. The summed E-state index contributed by atoms with van der Waals surface area (Å²) >= 11 is 0. The summed E-state index contributed by atoms with van der Waals surface area (Å²) in [5.41, 5.74) is 3.33. The molecule has 1 atom stereocenters. The zero-order valence-electron chi connectivity index (χ0n) is 12.2. The van der Waals surface area contributed by atoms with Crippen LogP contribution < -0.4 is 10.1 Å². The molecule has 0 aliphatic heterocycles. The monoisotopic (exact) mass is 271 g/mol. The smallest absolute Gasteiger partial charge is 0.120 e. The Balaban J connectivity index is 2.02. The van der Waals surface area contributed by atoms with Gasteiger partial charge in [-0.15, -0.1) is 0 Å². The highest BCUT2D eigenvalue weighted by Crippen LogP contribution is 2.23. The minimum atomic E-state index is 0.223. The van der Waals surface area contributed by atoms with Crippen LogP contribution in [0.1, 0.15) is 29.7 Å². The number of aromatic hydroxyl groups is 1. The molecule has 2 rings (SSSR count). The topological polar surface area (TPSA) is 41.5 Å². The molecule has 0 radical (unpaired) electrons. The van der Waals surface area contributed by atoms with Crippen molar-refractivity contribution < 1.29 is 9.84 Å². The maximum absolute atomic E-state index is 9.85. The van der Waals surface area contributed by atoms with Gasteiger partial charge in [0.05, 0.1) is 7.11 Å². The zero-order chi connectivity index (χ0) is 14.5. The molecule has 2 aromatic rings. The van der Waals surface area contributed by atoms with E-state index in [1.807, 2.05) is 6.07 Å². The molecule has 0 fully saturated rings. The van der Waals surface area contributed by atoms with Gasteiger partial charge in [0, 0.05) is 18.2 Å². The number of benzene rings is 2. The summed E-state index contributed by atoms with van der Waals surface area (Å²) in [7, 11) is 1.62. The predicted octanol–water partition coefficient (Wildman–Crippen LogP) is 3.56. The maximum atomic E-state index is 9.85. The van der Waals surface area contributed by atoms with Gasteiger partial charge in [-0.25, -0.2) is 0 Å². The second-order valence-corrected chi connectivity index (χ2v) is 5.01. The molecule has 3 nitrogen and oxygen atoms in total. The van der Waals surface area contributed by atoms with Gasteiger partial charge < -0.3 is 15.2 Å². The van der Waals surface area contributed by atoms with E-state index >= 15 is 0 Å². The third kappa shape index (κ3) is 3.52. The Morgan fingerprint density at radius 2 is 1.85 bits per heavy atom. The fourth-order valence-corrected chi connectivity index (χ4v) is 2.07. The number of ether oxygens (including phenoxy) is 1. The standard InChI is InChI=1S/C17H21NO2/c1-12-4-6-14(7-5-12)13(2)18-11-15-10-16(20-3)8-9-17(15)19/h4-10,13,18-19H,11H2,1-3H3. The first kappa shape index (κ1) is 14.4. The van der Waals surface area contributed by atoms with Gasteiger partial charge in [-0.05, 0) is 37.6 Å². The van der Waals surface area contributed by atoms with Crippen molar-refractivity contribution in [2.24, 2.45) is 0 Å². The lowest BCUT2D eigenvalue weighted by molar-refractivity contribution is 0.409. The van der Waals surface area contributed by atoms with Crippen LogP contribution in [-0.2, 0) is 6.54 Å². The minimum Gasteiger partial charge on any atom is -0.508 e. The van der Waals surface area contributed by atoms with Gasteiger partial charge in [0.25, 0.3) is 0 Å². The normalized spacial score (nSPS) is 12.2. The average molecular weight is 271 g/mol. The van der Waals surface area contributed by atoms with Crippen LogP contribution in [0.5, 0.6) is 11.5 Å². The van der Waals surface area contributed by atoms with E-state index in [0.717, 1.165) is 11.3 Å². The Kier molecular flexibility index (Phi) is 4.64. The highest BCUT2D eigenvalue weighted by atomic mass is 16.5. The average Bonchev–Trinajstić information content (AvgIpc) is 2.47. The number of nitrogens with one attached hydrogen (secondary N) is 1. The summed E-state index contributed by atoms with van der Waals surface area (Å²) in [5, 5.41) is 13.3. The van der Waals surface area contributed by atoms with Crippen LogP contribution in [-0.4, -0.2) is 12.2 Å². The number of hydrogen-bond acceptors (Lipinski definition) is 3. The first-order valence-electron chi connectivity index (χ1n) is 6.76. The Morgan fingerprint density at radius 1 is 1.15 bits per heavy atom. The molecule has 0 amide bonds. The molecule has 2 N–H and O–H groups in total. The minimum absolute atomic E-state index is 0.223. The van der Waals surface area contributed by atoms with Crippen molar-refractivity contribution >= 4 is 0 Å². The summed E-state index contributed by atoms with van der Waals surface area (Å²) in [5.74, 6) is 1.04. The Morgan fingerprint density at radius 3 is 2.50 bits per heavy atom. The first-order chi connectivity index (χ1) is 9.60. The molecule has 1 unspecified atom stereocenters. The van der Waals surface area contributed by atoms with Gasteiger partial charge in [0.15, 0.2) is 0 Å². The van der Waals surface area contributed by atoms with Crippen LogP contribution in [0.3, 0.4) is 0 Å². The third-order valence-electron chi connectivity index (χ3n) is 3.46. The summed E-state index contributed by atoms with van der Waals surface area (Å²) in [6.45, 7) is 4.79. The number of hydrogen-bond donors (Lipinski definition) is 2. The van der Waals surface area contributed by atoms with E-state index in [-0.39, 0.29) is 11.8 Å². The van der Waals surface area contributed by atoms with Gasteiger partial charge in [0.2, 0.25) is 0 Å². The number of rotatable bonds is 5. The van der Waals surface area contributed by atoms with Crippen LogP contribution >= 0.6 is 0 Å². The first-order valence-corrected chi connectivity index (χ1v) is 6.76. The van der Waals surface area contributed by atoms with Crippen molar-refractivity contribution in [2.45, 2.75) is 26.4 Å². The summed E-state index contributed by atoms with van der Waals surface area (Å²) in [4.78, 5) is 0. The van der Waals surface area contributed by atoms with Crippen molar-refractivity contribution in [1.29, 1.82) is 0 Å². The van der Waals surface area contributed by atoms with Crippen LogP contribution in [0.25, 0.3) is 0 Å². The highest BCUT2D eigenvalue weighted by molar-refractivity contribution is 5.39. The Hall–Kier alpha value is -2.00. The Bertz CT molecular complexity index is 564. The van der Waals surface area contributed by atoms with Gasteiger partial charge in [-0.2, -0.15) is 0 Å². The summed E-state index contributed by atoms with van der Waals surface area (Å²) in [6, 6.07) is 13.9. The fourth-order valence-electron chi connectivity index (χ4n) is 2.07.